The van der Waals surface area contributed by atoms with Gasteiger partial charge in [-0.1, -0.05) is 75.7 Å². The first-order valence-electron chi connectivity index (χ1n) is 18.4. The molecule has 3 aliphatic rings. The molecule has 52 heavy (non-hydrogen) atoms. The van der Waals surface area contributed by atoms with Crippen LogP contribution in [0.3, 0.4) is 0 Å². The third-order valence-corrected chi connectivity index (χ3v) is 15.0. The van der Waals surface area contributed by atoms with Crippen LogP contribution < -0.4 is 0 Å². The van der Waals surface area contributed by atoms with Crippen molar-refractivity contribution in [1.29, 1.82) is 0 Å². The summed E-state index contributed by atoms with van der Waals surface area (Å²) in [6.07, 6.45) is 1.90. The average molecular weight is 706 g/mol. The Bertz CT molecular complexity index is 2680. The number of hydrogen-bond donors (Lipinski definition) is 0. The Hall–Kier alpha value is -4.55. The molecule has 6 heteroatoms. The number of benzene rings is 4. The van der Waals surface area contributed by atoms with Crippen LogP contribution in [0.2, 0.25) is 0 Å². The maximum absolute atomic E-state index is 15.0. The van der Waals surface area contributed by atoms with E-state index in [2.05, 4.69) is 148 Å². The van der Waals surface area contributed by atoms with Gasteiger partial charge in [-0.15, -0.1) is 0 Å². The number of para-hydroxylation sites is 1. The molecule has 9 rings (SSSR count). The average Bonchev–Trinajstić information content (AvgIpc) is 3.60. The molecule has 1 aliphatic carbocycles. The number of hydrogen-bond acceptors (Lipinski definition) is 4. The van der Waals surface area contributed by atoms with Crippen molar-refractivity contribution < 1.29 is 8.95 Å². The quantitative estimate of drug-likeness (QED) is 0.184. The Balaban J connectivity index is 1.21. The summed E-state index contributed by atoms with van der Waals surface area (Å²) in [5, 5.41) is 2.38. The standard InChI is InChI=1S/C46H47N3O2S/c1-24-18-29(6)39-34(19-24)45(11)46(12,44(39,9)10)51-42(48-45)31-22-36(27(4)20-26(31)3)52(50)37-23-35-33(21-28(37)5)43(7,8)32-15-13-14-30-38-25(2)16-17-47-41(38)49(35)40(30)32/h13-23H,1-12H3/t45-,46+,52?/m1/s1. The van der Waals surface area contributed by atoms with Gasteiger partial charge in [-0.25, -0.2) is 14.2 Å². The number of nitrogens with zero attached hydrogens (tertiary/aromatic N) is 3. The van der Waals surface area contributed by atoms with E-state index in [4.69, 9.17) is 14.7 Å². The molecular weight excluding hydrogens is 659 g/mol. The van der Waals surface area contributed by atoms with Crippen molar-refractivity contribution in [3.8, 4) is 5.69 Å². The van der Waals surface area contributed by atoms with Crippen molar-refractivity contribution in [3.05, 3.63) is 128 Å². The number of fused-ring (bicyclic) bond motifs is 8. The number of aromatic nitrogens is 2. The monoisotopic (exact) mass is 705 g/mol. The van der Waals surface area contributed by atoms with E-state index in [1.165, 1.54) is 55.2 Å². The summed E-state index contributed by atoms with van der Waals surface area (Å²) in [6.45, 7) is 26.4. The molecule has 0 saturated carbocycles. The predicted octanol–water partition coefficient (Wildman–Crippen LogP) is 10.6. The summed E-state index contributed by atoms with van der Waals surface area (Å²) in [4.78, 5) is 12.0. The fourth-order valence-electron chi connectivity index (χ4n) is 10.2. The molecule has 0 amide bonds. The van der Waals surface area contributed by atoms with Gasteiger partial charge in [0.05, 0.1) is 22.0 Å². The number of pyridine rings is 1. The van der Waals surface area contributed by atoms with Crippen LogP contribution in [0.15, 0.2) is 81.6 Å². The summed E-state index contributed by atoms with van der Waals surface area (Å²) in [5.41, 5.74) is 14.2. The van der Waals surface area contributed by atoms with Crippen LogP contribution in [-0.2, 0) is 31.9 Å². The van der Waals surface area contributed by atoms with Crippen molar-refractivity contribution in [2.24, 2.45) is 4.99 Å². The van der Waals surface area contributed by atoms with Crippen molar-refractivity contribution in [3.63, 3.8) is 0 Å². The van der Waals surface area contributed by atoms with E-state index in [0.29, 0.717) is 5.90 Å². The zero-order valence-electron chi connectivity index (χ0n) is 32.4. The van der Waals surface area contributed by atoms with Crippen LogP contribution in [-0.4, -0.2) is 25.3 Å². The SMILES string of the molecule is Cc1cc(C)c2c(c1)[C@@]1(C)N=C(c3cc(S(=O)c4cc5c(cc4C)C(C)(C)c4cccc6c7c(C)ccnc7n-5c46)c(C)cc3C)O[C@@]1(C)C2(C)C. The minimum Gasteiger partial charge on any atom is -0.467 e. The molecule has 2 aliphatic heterocycles. The van der Waals surface area contributed by atoms with Crippen molar-refractivity contribution in [1.82, 2.24) is 9.55 Å². The molecular formula is C46H47N3O2S. The Morgan fingerprint density at radius 2 is 1.42 bits per heavy atom. The predicted molar refractivity (Wildman–Crippen MR) is 213 cm³/mol. The van der Waals surface area contributed by atoms with Gasteiger partial charge in [0.15, 0.2) is 0 Å². The van der Waals surface area contributed by atoms with Crippen LogP contribution in [0.25, 0.3) is 27.6 Å². The van der Waals surface area contributed by atoms with E-state index in [9.17, 15) is 0 Å². The molecule has 6 aromatic rings. The molecule has 0 bridgehead atoms. The van der Waals surface area contributed by atoms with Gasteiger partial charge in [-0.05, 0) is 124 Å². The summed E-state index contributed by atoms with van der Waals surface area (Å²) in [7, 11) is -1.47. The second kappa shape index (κ2) is 10.3. The Labute approximate surface area is 309 Å². The fourth-order valence-corrected chi connectivity index (χ4v) is 11.6. The highest BCUT2D eigenvalue weighted by molar-refractivity contribution is 7.85. The Morgan fingerprint density at radius 1 is 0.712 bits per heavy atom. The fraction of sp³-hybridized carbons (Fsp3) is 0.348. The van der Waals surface area contributed by atoms with Crippen LogP contribution in [0, 0.1) is 41.5 Å². The summed E-state index contributed by atoms with van der Waals surface area (Å²) in [6, 6.07) is 21.9. The van der Waals surface area contributed by atoms with Gasteiger partial charge in [0.25, 0.3) is 0 Å². The number of ether oxygens (including phenoxy) is 1. The third kappa shape index (κ3) is 3.92. The van der Waals surface area contributed by atoms with Crippen molar-refractivity contribution >= 4 is 38.6 Å². The van der Waals surface area contributed by atoms with Crippen LogP contribution >= 0.6 is 0 Å². The van der Waals surface area contributed by atoms with Crippen molar-refractivity contribution in [2.45, 2.75) is 115 Å². The Kier molecular flexibility index (Phi) is 6.60. The zero-order valence-corrected chi connectivity index (χ0v) is 33.2. The highest BCUT2D eigenvalue weighted by Crippen LogP contribution is 2.62. The number of aryl methyl sites for hydroxylation is 6. The summed E-state index contributed by atoms with van der Waals surface area (Å²) >= 11 is 0. The lowest BCUT2D eigenvalue weighted by Gasteiger charge is -2.41. The van der Waals surface area contributed by atoms with Gasteiger partial charge in [0.1, 0.15) is 16.8 Å². The molecule has 0 fully saturated rings. The zero-order chi connectivity index (χ0) is 37.0. The number of rotatable bonds is 3. The molecule has 3 atom stereocenters. The number of aliphatic imine (C=N–C) groups is 1. The second-order valence-corrected chi connectivity index (χ2v) is 18.5. The van der Waals surface area contributed by atoms with Gasteiger partial charge in [-0.3, -0.25) is 4.57 Å². The van der Waals surface area contributed by atoms with Crippen LogP contribution in [0.4, 0.5) is 0 Å². The molecule has 264 valence electrons. The topological polar surface area (TPSA) is 56.5 Å². The smallest absolute Gasteiger partial charge is 0.218 e. The lowest BCUT2D eigenvalue weighted by molar-refractivity contribution is -0.0137. The van der Waals surface area contributed by atoms with E-state index in [0.717, 1.165) is 43.4 Å². The second-order valence-electron chi connectivity index (χ2n) is 17.1. The highest BCUT2D eigenvalue weighted by atomic mass is 32.2. The van der Waals surface area contributed by atoms with E-state index in [1.54, 1.807) is 0 Å². The largest absolute Gasteiger partial charge is 0.467 e. The molecule has 2 aromatic heterocycles. The maximum Gasteiger partial charge on any atom is 0.218 e. The van der Waals surface area contributed by atoms with Crippen molar-refractivity contribution in [2.75, 3.05) is 0 Å². The Morgan fingerprint density at radius 3 is 2.17 bits per heavy atom. The molecule has 5 nitrogen and oxygen atoms in total. The van der Waals surface area contributed by atoms with E-state index in [-0.39, 0.29) is 10.8 Å². The van der Waals surface area contributed by atoms with Gasteiger partial charge in [0.2, 0.25) is 5.90 Å². The highest BCUT2D eigenvalue weighted by Gasteiger charge is 2.68. The molecule has 0 spiro atoms. The van der Waals surface area contributed by atoms with E-state index in [1.807, 2.05) is 6.20 Å². The molecule has 0 saturated heterocycles. The first kappa shape index (κ1) is 33.3. The molecule has 1 unspecified atom stereocenters. The summed E-state index contributed by atoms with van der Waals surface area (Å²) < 4.78 is 24.4. The van der Waals surface area contributed by atoms with Gasteiger partial charge in [-0.2, -0.15) is 0 Å². The van der Waals surface area contributed by atoms with Gasteiger partial charge in [0, 0.05) is 43.2 Å². The first-order valence-corrected chi connectivity index (χ1v) is 19.6. The van der Waals surface area contributed by atoms with Gasteiger partial charge < -0.3 is 4.74 Å². The third-order valence-electron chi connectivity index (χ3n) is 13.3. The van der Waals surface area contributed by atoms with Gasteiger partial charge >= 0.3 is 0 Å². The first-order chi connectivity index (χ1) is 24.4. The lowest BCUT2D eigenvalue weighted by atomic mass is 9.70. The normalized spacial score (nSPS) is 22.6. The van der Waals surface area contributed by atoms with E-state index < -0.39 is 21.9 Å². The minimum atomic E-state index is -1.47. The molecule has 4 heterocycles. The summed E-state index contributed by atoms with van der Waals surface area (Å²) in [5.74, 6) is 0.627. The maximum atomic E-state index is 15.0. The molecule has 0 N–H and O–H groups in total. The minimum absolute atomic E-state index is 0.253. The van der Waals surface area contributed by atoms with Crippen LogP contribution in [0.5, 0.6) is 0 Å². The lowest BCUT2D eigenvalue weighted by Crippen LogP contribution is -2.51. The molecule has 0 radical (unpaired) electrons. The molecule has 4 aromatic carbocycles. The van der Waals surface area contributed by atoms with E-state index >= 15 is 4.21 Å². The van der Waals surface area contributed by atoms with Crippen LogP contribution in [0.1, 0.15) is 103 Å².